The van der Waals surface area contributed by atoms with Crippen molar-refractivity contribution in [2.75, 3.05) is 11.1 Å². The highest BCUT2D eigenvalue weighted by atomic mass is 16.1. The number of benzene rings is 1. The van der Waals surface area contributed by atoms with Gasteiger partial charge in [-0.2, -0.15) is 0 Å². The summed E-state index contributed by atoms with van der Waals surface area (Å²) in [6.45, 7) is 5.81. The van der Waals surface area contributed by atoms with Crippen molar-refractivity contribution in [2.24, 2.45) is 5.92 Å². The van der Waals surface area contributed by atoms with Crippen LogP contribution >= 0.6 is 0 Å². The Labute approximate surface area is 90.7 Å². The Morgan fingerprint density at radius 1 is 1.53 bits per heavy atom. The van der Waals surface area contributed by atoms with Crippen molar-refractivity contribution >= 4 is 17.3 Å². The lowest BCUT2D eigenvalue weighted by Crippen LogP contribution is -2.20. The normalized spacial score (nSPS) is 12.2. The van der Waals surface area contributed by atoms with Crippen LogP contribution < -0.4 is 11.1 Å². The second kappa shape index (κ2) is 4.82. The Bertz CT molecular complexity index is 361. The van der Waals surface area contributed by atoms with E-state index >= 15 is 0 Å². The molecule has 1 atom stereocenters. The van der Waals surface area contributed by atoms with Crippen molar-refractivity contribution in [3.05, 3.63) is 23.8 Å². The first-order valence-corrected chi connectivity index (χ1v) is 5.22. The summed E-state index contributed by atoms with van der Waals surface area (Å²) in [5.74, 6) is 0.0806. The van der Waals surface area contributed by atoms with Gasteiger partial charge in [-0.05, 0) is 31.0 Å². The van der Waals surface area contributed by atoms with Crippen LogP contribution in [0.4, 0.5) is 11.4 Å². The molecule has 0 aliphatic heterocycles. The molecule has 15 heavy (non-hydrogen) atoms. The molecule has 1 aromatic rings. The zero-order chi connectivity index (χ0) is 11.4. The molecule has 1 unspecified atom stereocenters. The van der Waals surface area contributed by atoms with E-state index in [-0.39, 0.29) is 11.8 Å². The van der Waals surface area contributed by atoms with Crippen molar-refractivity contribution in [1.29, 1.82) is 0 Å². The Morgan fingerprint density at radius 3 is 2.80 bits per heavy atom. The maximum Gasteiger partial charge on any atom is 0.227 e. The smallest absolute Gasteiger partial charge is 0.227 e. The van der Waals surface area contributed by atoms with Gasteiger partial charge in [0, 0.05) is 17.3 Å². The van der Waals surface area contributed by atoms with E-state index in [1.807, 2.05) is 39.0 Å². The highest BCUT2D eigenvalue weighted by Crippen LogP contribution is 2.21. The molecule has 3 nitrogen and oxygen atoms in total. The van der Waals surface area contributed by atoms with E-state index in [1.54, 1.807) is 0 Å². The molecule has 0 heterocycles. The highest BCUT2D eigenvalue weighted by molar-refractivity contribution is 5.93. The number of carbonyl (C=O) groups is 1. The molecule has 0 bridgehead atoms. The van der Waals surface area contributed by atoms with Crippen LogP contribution in [0.5, 0.6) is 0 Å². The van der Waals surface area contributed by atoms with Gasteiger partial charge < -0.3 is 11.1 Å². The van der Waals surface area contributed by atoms with E-state index < -0.39 is 0 Å². The molecular formula is C12H18N2O. The molecule has 0 fully saturated rings. The van der Waals surface area contributed by atoms with E-state index in [0.717, 1.165) is 17.7 Å². The molecule has 0 spiro atoms. The zero-order valence-electron chi connectivity index (χ0n) is 9.50. The lowest BCUT2D eigenvalue weighted by molar-refractivity contribution is -0.119. The van der Waals surface area contributed by atoms with E-state index in [1.165, 1.54) is 0 Å². The fourth-order valence-corrected chi connectivity index (χ4v) is 1.23. The second-order valence-corrected chi connectivity index (χ2v) is 3.82. The monoisotopic (exact) mass is 206 g/mol. The average Bonchev–Trinajstić information content (AvgIpc) is 2.23. The molecule has 0 saturated carbocycles. The van der Waals surface area contributed by atoms with Crippen LogP contribution in [0, 0.1) is 12.8 Å². The van der Waals surface area contributed by atoms with Crippen LogP contribution in [0.25, 0.3) is 0 Å². The average molecular weight is 206 g/mol. The van der Waals surface area contributed by atoms with Gasteiger partial charge in [0.05, 0.1) is 0 Å². The van der Waals surface area contributed by atoms with Crippen molar-refractivity contribution in [1.82, 2.24) is 0 Å². The largest absolute Gasteiger partial charge is 0.398 e. The van der Waals surface area contributed by atoms with Crippen LogP contribution in [-0.4, -0.2) is 5.91 Å². The topological polar surface area (TPSA) is 55.1 Å². The predicted octanol–water partition coefficient (Wildman–Crippen LogP) is 2.56. The maximum absolute atomic E-state index is 11.7. The number of carbonyl (C=O) groups excluding carboxylic acids is 1. The van der Waals surface area contributed by atoms with Crippen LogP contribution in [0.1, 0.15) is 25.8 Å². The second-order valence-electron chi connectivity index (χ2n) is 3.82. The van der Waals surface area contributed by atoms with Crippen LogP contribution in [0.2, 0.25) is 0 Å². The van der Waals surface area contributed by atoms with E-state index in [0.29, 0.717) is 5.69 Å². The molecule has 3 heteroatoms. The lowest BCUT2D eigenvalue weighted by atomic mass is 10.1. The molecule has 82 valence electrons. The molecule has 1 amide bonds. The van der Waals surface area contributed by atoms with Gasteiger partial charge in [0.1, 0.15) is 0 Å². The molecule has 3 N–H and O–H groups in total. The summed E-state index contributed by atoms with van der Waals surface area (Å²) >= 11 is 0. The summed E-state index contributed by atoms with van der Waals surface area (Å²) in [5, 5.41) is 2.88. The van der Waals surface area contributed by atoms with Gasteiger partial charge in [0.2, 0.25) is 5.91 Å². The van der Waals surface area contributed by atoms with Gasteiger partial charge in [-0.15, -0.1) is 0 Å². The summed E-state index contributed by atoms with van der Waals surface area (Å²) in [4.78, 5) is 11.7. The molecule has 0 saturated heterocycles. The number of anilines is 2. The first-order valence-electron chi connectivity index (χ1n) is 5.22. The summed E-state index contributed by atoms with van der Waals surface area (Å²) in [6, 6.07) is 5.54. The molecule has 0 aliphatic rings. The van der Waals surface area contributed by atoms with Gasteiger partial charge in [0.15, 0.2) is 0 Å². The van der Waals surface area contributed by atoms with Crippen molar-refractivity contribution < 1.29 is 4.79 Å². The summed E-state index contributed by atoms with van der Waals surface area (Å²) in [5.41, 5.74) is 8.19. The number of hydrogen-bond donors (Lipinski definition) is 2. The first kappa shape index (κ1) is 11.6. The fourth-order valence-electron chi connectivity index (χ4n) is 1.23. The van der Waals surface area contributed by atoms with Crippen LogP contribution in [0.3, 0.4) is 0 Å². The minimum absolute atomic E-state index is 0.0332. The minimum Gasteiger partial charge on any atom is -0.398 e. The van der Waals surface area contributed by atoms with Gasteiger partial charge >= 0.3 is 0 Å². The summed E-state index contributed by atoms with van der Waals surface area (Å²) in [7, 11) is 0. The first-order chi connectivity index (χ1) is 7.06. The third-order valence-corrected chi connectivity index (χ3v) is 2.69. The number of nitrogens with two attached hydrogens (primary N) is 1. The van der Waals surface area contributed by atoms with Gasteiger partial charge in [-0.1, -0.05) is 19.9 Å². The van der Waals surface area contributed by atoms with Crippen molar-refractivity contribution in [3.63, 3.8) is 0 Å². The minimum atomic E-state index is 0.0332. The summed E-state index contributed by atoms with van der Waals surface area (Å²) < 4.78 is 0. The number of amides is 1. The van der Waals surface area contributed by atoms with Gasteiger partial charge in [-0.25, -0.2) is 0 Å². The van der Waals surface area contributed by atoms with Crippen LogP contribution in [0.15, 0.2) is 18.2 Å². The molecule has 0 radical (unpaired) electrons. The molecule has 1 rings (SSSR count). The van der Waals surface area contributed by atoms with Gasteiger partial charge in [0.25, 0.3) is 0 Å². The Morgan fingerprint density at radius 2 is 2.20 bits per heavy atom. The molecule has 0 aromatic heterocycles. The number of rotatable bonds is 3. The van der Waals surface area contributed by atoms with Crippen molar-refractivity contribution in [3.8, 4) is 0 Å². The Balaban J connectivity index is 2.81. The quantitative estimate of drug-likeness (QED) is 0.747. The molecule has 1 aromatic carbocycles. The predicted molar refractivity (Wildman–Crippen MR) is 63.7 cm³/mol. The fraction of sp³-hybridized carbons (Fsp3) is 0.417. The Hall–Kier alpha value is -1.51. The zero-order valence-corrected chi connectivity index (χ0v) is 9.50. The maximum atomic E-state index is 11.7. The number of hydrogen-bond acceptors (Lipinski definition) is 2. The van der Waals surface area contributed by atoms with E-state index in [2.05, 4.69) is 5.32 Å². The molecule has 0 aliphatic carbocycles. The number of nitrogens with one attached hydrogen (secondary N) is 1. The molecular weight excluding hydrogens is 188 g/mol. The SMILES string of the molecule is CCC(C)C(=O)Nc1cccc(N)c1C. The summed E-state index contributed by atoms with van der Waals surface area (Å²) in [6.07, 6.45) is 0.840. The van der Waals surface area contributed by atoms with E-state index in [9.17, 15) is 4.79 Å². The number of nitrogen functional groups attached to an aromatic ring is 1. The third-order valence-electron chi connectivity index (χ3n) is 2.69. The standard InChI is InChI=1S/C12H18N2O/c1-4-8(2)12(15)14-11-7-5-6-10(13)9(11)3/h5-8H,4,13H2,1-3H3,(H,14,15). The van der Waals surface area contributed by atoms with E-state index in [4.69, 9.17) is 5.73 Å². The van der Waals surface area contributed by atoms with Gasteiger partial charge in [-0.3, -0.25) is 4.79 Å². The highest BCUT2D eigenvalue weighted by Gasteiger charge is 2.11. The lowest BCUT2D eigenvalue weighted by Gasteiger charge is -2.13. The Kier molecular flexibility index (Phi) is 3.72. The van der Waals surface area contributed by atoms with Crippen LogP contribution in [-0.2, 0) is 4.79 Å². The van der Waals surface area contributed by atoms with Crippen molar-refractivity contribution in [2.45, 2.75) is 27.2 Å². The third kappa shape index (κ3) is 2.72.